The Balaban J connectivity index is 2.01. The first-order valence-corrected chi connectivity index (χ1v) is 7.13. The van der Waals surface area contributed by atoms with Crippen molar-refractivity contribution in [2.75, 3.05) is 11.9 Å². The van der Waals surface area contributed by atoms with Gasteiger partial charge in [-0.1, -0.05) is 39.0 Å². The smallest absolute Gasteiger partial charge is 0.258 e. The van der Waals surface area contributed by atoms with Crippen molar-refractivity contribution >= 4 is 11.6 Å². The number of carbonyl (C=O) groups is 1. The van der Waals surface area contributed by atoms with Gasteiger partial charge in [0.2, 0.25) is 0 Å². The third kappa shape index (κ3) is 2.03. The first kappa shape index (κ1) is 12.4. The van der Waals surface area contributed by atoms with E-state index in [0.29, 0.717) is 19.6 Å². The van der Waals surface area contributed by atoms with E-state index in [9.17, 15) is 4.79 Å². The summed E-state index contributed by atoms with van der Waals surface area (Å²) in [6.07, 6.45) is 0.554. The van der Waals surface area contributed by atoms with Crippen LogP contribution in [0.2, 0.25) is 1.41 Å². The van der Waals surface area contributed by atoms with Gasteiger partial charge in [-0.2, -0.15) is 0 Å². The number of anilines is 1. The molecule has 2 N–H and O–H groups in total. The van der Waals surface area contributed by atoms with Gasteiger partial charge in [-0.25, -0.2) is 0 Å². The maximum Gasteiger partial charge on any atom is 0.258 e. The second kappa shape index (κ2) is 4.57. The molecule has 1 spiro atoms. The van der Waals surface area contributed by atoms with Gasteiger partial charge in [-0.15, -0.1) is 0 Å². The van der Waals surface area contributed by atoms with E-state index in [-0.39, 0.29) is 17.4 Å². The van der Waals surface area contributed by atoms with Crippen LogP contribution >= 0.6 is 0 Å². The lowest BCUT2D eigenvalue weighted by Gasteiger charge is -2.39. The molecule has 2 unspecified atom stereocenters. The van der Waals surface area contributed by atoms with Crippen LogP contribution in [0.4, 0.5) is 5.69 Å². The zero-order valence-corrected chi connectivity index (χ0v) is 12.3. The maximum absolute atomic E-state index is 12.9. The zero-order valence-electron chi connectivity index (χ0n) is 13.3. The molecule has 1 aromatic rings. The highest BCUT2D eigenvalue weighted by Gasteiger charge is 2.55. The minimum atomic E-state index is -0.945. The highest BCUT2D eigenvalue weighted by Crippen LogP contribution is 2.40. The van der Waals surface area contributed by atoms with Gasteiger partial charge in [0.1, 0.15) is 1.41 Å². The number of carbonyl (C=O) groups excluding carboxylic acids is 1. The van der Waals surface area contributed by atoms with Gasteiger partial charge in [0.05, 0.1) is 12.6 Å². The first-order valence-electron chi connectivity index (χ1n) is 7.58. The average molecular weight is 275 g/mol. The van der Waals surface area contributed by atoms with Gasteiger partial charge in [0.25, 0.3) is 5.91 Å². The van der Waals surface area contributed by atoms with Crippen molar-refractivity contribution in [1.29, 1.82) is 0 Å². The zero-order chi connectivity index (χ0) is 15.3. The monoisotopic (exact) mass is 275 g/mol. The number of hydrogen-bond acceptors (Lipinski definition) is 3. The number of nitrogens with one attached hydrogen (secondary N) is 2. The van der Waals surface area contributed by atoms with Gasteiger partial charge < -0.3 is 15.4 Å². The summed E-state index contributed by atoms with van der Waals surface area (Å²) in [6, 6.07) is 7.45. The van der Waals surface area contributed by atoms with Crippen LogP contribution in [0, 0.1) is 5.41 Å². The number of amides is 1. The standard InChI is InChI=1S/C16H22N2O2/c1-15(2,3)13-16(8-9-17-13)14(19)18-12-7-5-4-6-11(12)10-20-16/h4-7,13,17H,8-10H2,1-3H3,(H,18,19)/i/hD. The quantitative estimate of drug-likeness (QED) is 0.764. The molecule has 0 radical (unpaired) electrons. The summed E-state index contributed by atoms with van der Waals surface area (Å²) in [7, 11) is 0. The van der Waals surface area contributed by atoms with Crippen molar-refractivity contribution in [3.63, 3.8) is 0 Å². The van der Waals surface area contributed by atoms with Crippen LogP contribution < -0.4 is 10.6 Å². The molecule has 1 saturated heterocycles. The number of rotatable bonds is 0. The molecule has 0 aromatic heterocycles. The molecule has 3 rings (SSSR count). The molecule has 0 aliphatic carbocycles. The van der Waals surface area contributed by atoms with E-state index >= 15 is 0 Å². The molecule has 1 fully saturated rings. The van der Waals surface area contributed by atoms with Crippen LogP contribution in [0.5, 0.6) is 0 Å². The highest BCUT2D eigenvalue weighted by molar-refractivity contribution is 5.99. The fourth-order valence-corrected chi connectivity index (χ4v) is 3.27. The normalized spacial score (nSPS) is 31.6. The number of para-hydroxylation sites is 1. The molecule has 108 valence electrons. The Bertz CT molecular complexity index is 570. The van der Waals surface area contributed by atoms with Crippen LogP contribution in [-0.2, 0) is 16.1 Å². The lowest BCUT2D eigenvalue weighted by molar-refractivity contribution is -0.148. The van der Waals surface area contributed by atoms with Crippen LogP contribution in [0.1, 0.15) is 32.8 Å². The topological polar surface area (TPSA) is 50.4 Å². The Kier molecular flexibility index (Phi) is 2.82. The van der Waals surface area contributed by atoms with E-state index in [2.05, 4.69) is 26.1 Å². The summed E-state index contributed by atoms with van der Waals surface area (Å²) < 4.78 is 14.3. The average Bonchev–Trinajstić information content (AvgIpc) is 2.68. The van der Waals surface area contributed by atoms with Crippen molar-refractivity contribution in [1.82, 2.24) is 5.31 Å². The molecule has 1 amide bonds. The Morgan fingerprint density at radius 2 is 2.15 bits per heavy atom. The van der Waals surface area contributed by atoms with Crippen LogP contribution in [0.25, 0.3) is 0 Å². The Morgan fingerprint density at radius 3 is 2.90 bits per heavy atom. The lowest BCUT2D eigenvalue weighted by Crippen LogP contribution is -2.58. The Labute approximate surface area is 121 Å². The van der Waals surface area contributed by atoms with E-state index in [1.165, 1.54) is 5.31 Å². The predicted octanol–water partition coefficient (Wildman–Crippen LogP) is 2.30. The summed E-state index contributed by atoms with van der Waals surface area (Å²) >= 11 is 0. The molecule has 2 heterocycles. The second-order valence-electron chi connectivity index (χ2n) is 6.71. The van der Waals surface area contributed by atoms with Gasteiger partial charge in [0, 0.05) is 11.3 Å². The fraction of sp³-hybridized carbons (Fsp3) is 0.562. The van der Waals surface area contributed by atoms with Crippen molar-refractivity contribution in [2.45, 2.75) is 45.4 Å². The summed E-state index contributed by atoms with van der Waals surface area (Å²) in [5.74, 6) is -0.123. The van der Waals surface area contributed by atoms with E-state index in [1.54, 1.807) is 0 Å². The van der Waals surface area contributed by atoms with Crippen LogP contribution in [0.3, 0.4) is 0 Å². The van der Waals surface area contributed by atoms with Gasteiger partial charge in [-0.3, -0.25) is 4.79 Å². The predicted molar refractivity (Wildman–Crippen MR) is 78.5 cm³/mol. The third-order valence-corrected chi connectivity index (χ3v) is 4.19. The van der Waals surface area contributed by atoms with Crippen molar-refractivity contribution in [3.8, 4) is 0 Å². The summed E-state index contributed by atoms with van der Waals surface area (Å²) in [6.45, 7) is 7.11. The van der Waals surface area contributed by atoms with Crippen LogP contribution in [-0.4, -0.2) is 24.1 Å². The van der Waals surface area contributed by atoms with Crippen LogP contribution in [0.15, 0.2) is 24.3 Å². The number of fused-ring (bicyclic) bond motifs is 1. The minimum absolute atomic E-state index is 0.123. The van der Waals surface area contributed by atoms with E-state index in [4.69, 9.17) is 6.15 Å². The second-order valence-corrected chi connectivity index (χ2v) is 6.71. The molecular formula is C16H22N2O2. The minimum Gasteiger partial charge on any atom is -0.359 e. The highest BCUT2D eigenvalue weighted by atomic mass is 16.5. The first-order chi connectivity index (χ1) is 9.84. The molecular weight excluding hydrogens is 252 g/mol. The van der Waals surface area contributed by atoms with Gasteiger partial charge in [0.15, 0.2) is 5.60 Å². The van der Waals surface area contributed by atoms with Crippen molar-refractivity contribution < 1.29 is 10.9 Å². The van der Waals surface area contributed by atoms with Gasteiger partial charge in [-0.05, 0) is 24.4 Å². The molecule has 0 saturated carbocycles. The molecule has 20 heavy (non-hydrogen) atoms. The Hall–Kier alpha value is -1.39. The van der Waals surface area contributed by atoms with E-state index in [0.717, 1.165) is 11.3 Å². The largest absolute Gasteiger partial charge is 0.359 e. The van der Waals surface area contributed by atoms with E-state index in [1.807, 2.05) is 24.3 Å². The molecule has 0 bridgehead atoms. The third-order valence-electron chi connectivity index (χ3n) is 4.19. The summed E-state index contributed by atoms with van der Waals surface area (Å²) in [5.41, 5.74) is 0.639. The SMILES string of the molecule is [2H]N1CCC2(OCc3ccccc3NC2=O)C1C(C)(C)C. The summed E-state index contributed by atoms with van der Waals surface area (Å²) in [5, 5.41) is 4.51. The number of benzene rings is 1. The molecule has 2 aliphatic heterocycles. The molecule has 2 aliphatic rings. The van der Waals surface area contributed by atoms with Crippen molar-refractivity contribution in [3.05, 3.63) is 29.8 Å². The van der Waals surface area contributed by atoms with E-state index < -0.39 is 5.60 Å². The lowest BCUT2D eigenvalue weighted by atomic mass is 9.76. The molecule has 4 nitrogen and oxygen atoms in total. The molecule has 2 atom stereocenters. The summed E-state index contributed by atoms with van der Waals surface area (Å²) in [4.78, 5) is 12.9. The number of ether oxygens (including phenoxy) is 1. The Morgan fingerprint density at radius 1 is 1.40 bits per heavy atom. The molecule has 4 heteroatoms. The van der Waals surface area contributed by atoms with Crippen molar-refractivity contribution in [2.24, 2.45) is 5.41 Å². The van der Waals surface area contributed by atoms with Gasteiger partial charge >= 0.3 is 0 Å². The maximum atomic E-state index is 12.9. The fourth-order valence-electron chi connectivity index (χ4n) is 3.27. The molecule has 1 aromatic carbocycles. The number of hydrogen-bond donors (Lipinski definition) is 2.